The van der Waals surface area contributed by atoms with E-state index in [9.17, 15) is 9.18 Å². The number of hydrogen-bond acceptors (Lipinski definition) is 2. The second-order valence-corrected chi connectivity index (χ2v) is 1.92. The molecular weight excluding hydrogens is 141 g/mol. The van der Waals surface area contributed by atoms with Crippen LogP contribution in [0.5, 0.6) is 0 Å². The van der Waals surface area contributed by atoms with Crippen LogP contribution in [0.1, 0.15) is 6.92 Å². The molecular formula is C5H10FNO3. The Bertz CT molecular complexity index is 117. The van der Waals surface area contributed by atoms with Gasteiger partial charge in [0.25, 0.3) is 0 Å². The maximum atomic E-state index is 12.2. The van der Waals surface area contributed by atoms with Gasteiger partial charge in [-0.15, -0.1) is 0 Å². The molecule has 0 heterocycles. The lowest BCUT2D eigenvalue weighted by atomic mass is 10.2. The van der Waals surface area contributed by atoms with Crippen LogP contribution >= 0.6 is 0 Å². The van der Waals surface area contributed by atoms with Crippen LogP contribution in [0.2, 0.25) is 0 Å². The number of nitrogens with one attached hydrogen (secondary N) is 1. The summed E-state index contributed by atoms with van der Waals surface area (Å²) >= 11 is 0. The molecule has 2 atom stereocenters. The topological polar surface area (TPSA) is 69.6 Å². The largest absolute Gasteiger partial charge is 0.465 e. The minimum atomic E-state index is -1.37. The molecule has 5 heteroatoms. The van der Waals surface area contributed by atoms with Crippen molar-refractivity contribution in [3.8, 4) is 0 Å². The number of carboxylic acid groups (broad SMARTS) is 1. The highest BCUT2D eigenvalue weighted by Gasteiger charge is 2.16. The van der Waals surface area contributed by atoms with Crippen molar-refractivity contribution in [3.63, 3.8) is 0 Å². The van der Waals surface area contributed by atoms with E-state index in [1.54, 1.807) is 0 Å². The first-order chi connectivity index (χ1) is 4.57. The first-order valence-electron chi connectivity index (χ1n) is 2.82. The molecule has 0 fully saturated rings. The van der Waals surface area contributed by atoms with E-state index in [0.717, 1.165) is 0 Å². The van der Waals surface area contributed by atoms with Crippen molar-refractivity contribution >= 4 is 6.09 Å². The van der Waals surface area contributed by atoms with Gasteiger partial charge in [0.05, 0.1) is 12.6 Å². The Morgan fingerprint density at radius 2 is 2.30 bits per heavy atom. The SMILES string of the molecule is C[C@H](F)[C@@H](CO)NC(=O)O. The van der Waals surface area contributed by atoms with E-state index < -0.39 is 24.9 Å². The quantitative estimate of drug-likeness (QED) is 0.530. The Kier molecular flexibility index (Phi) is 3.71. The molecule has 10 heavy (non-hydrogen) atoms. The standard InChI is InChI=1S/C5H10FNO3/c1-3(6)4(2-8)7-5(9)10/h3-4,7-8H,2H2,1H3,(H,9,10)/t3-,4+/m0/s1. The van der Waals surface area contributed by atoms with Gasteiger partial charge in [-0.25, -0.2) is 9.18 Å². The number of halogens is 1. The molecule has 3 N–H and O–H groups in total. The third kappa shape index (κ3) is 3.24. The summed E-state index contributed by atoms with van der Waals surface area (Å²) < 4.78 is 12.2. The molecule has 0 aliphatic rings. The molecule has 4 nitrogen and oxygen atoms in total. The van der Waals surface area contributed by atoms with Crippen LogP contribution in [0.4, 0.5) is 9.18 Å². The minimum absolute atomic E-state index is 0.524. The van der Waals surface area contributed by atoms with Gasteiger partial charge in [0.1, 0.15) is 6.17 Å². The summed E-state index contributed by atoms with van der Waals surface area (Å²) in [5, 5.41) is 18.3. The van der Waals surface area contributed by atoms with E-state index in [1.807, 2.05) is 5.32 Å². The highest BCUT2D eigenvalue weighted by Crippen LogP contribution is 1.95. The second kappa shape index (κ2) is 4.05. The van der Waals surface area contributed by atoms with E-state index in [4.69, 9.17) is 10.2 Å². The van der Waals surface area contributed by atoms with E-state index in [0.29, 0.717) is 0 Å². The Morgan fingerprint density at radius 1 is 1.80 bits per heavy atom. The van der Waals surface area contributed by atoms with Gasteiger partial charge in [0.15, 0.2) is 0 Å². The molecule has 1 amide bonds. The molecule has 60 valence electrons. The molecule has 0 bridgehead atoms. The summed E-state index contributed by atoms with van der Waals surface area (Å²) in [6.45, 7) is 0.654. The summed E-state index contributed by atoms with van der Waals surface area (Å²) in [5.74, 6) is 0. The average Bonchev–Trinajstić information content (AvgIpc) is 1.81. The first kappa shape index (κ1) is 9.16. The van der Waals surface area contributed by atoms with Crippen LogP contribution in [0.15, 0.2) is 0 Å². The molecule has 0 aromatic rings. The number of carbonyl (C=O) groups is 1. The lowest BCUT2D eigenvalue weighted by molar-refractivity contribution is 0.149. The van der Waals surface area contributed by atoms with Crippen LogP contribution < -0.4 is 5.32 Å². The van der Waals surface area contributed by atoms with Crippen molar-refractivity contribution in [1.82, 2.24) is 5.32 Å². The van der Waals surface area contributed by atoms with Gasteiger partial charge in [-0.1, -0.05) is 0 Å². The van der Waals surface area contributed by atoms with Gasteiger partial charge < -0.3 is 15.5 Å². The van der Waals surface area contributed by atoms with Crippen molar-refractivity contribution in [2.75, 3.05) is 6.61 Å². The molecule has 0 aromatic heterocycles. The van der Waals surface area contributed by atoms with E-state index in [1.165, 1.54) is 6.92 Å². The number of aliphatic hydroxyl groups is 1. The predicted molar refractivity (Wildman–Crippen MR) is 32.6 cm³/mol. The fourth-order valence-electron chi connectivity index (χ4n) is 0.464. The lowest BCUT2D eigenvalue weighted by Crippen LogP contribution is -2.42. The molecule has 0 unspecified atom stereocenters. The maximum Gasteiger partial charge on any atom is 0.405 e. The van der Waals surface area contributed by atoms with Crippen LogP contribution in [0, 0.1) is 0 Å². The van der Waals surface area contributed by atoms with Crippen LogP contribution in [0.3, 0.4) is 0 Å². The molecule has 0 aromatic carbocycles. The van der Waals surface area contributed by atoms with Crippen molar-refractivity contribution in [2.24, 2.45) is 0 Å². The van der Waals surface area contributed by atoms with Crippen LogP contribution in [-0.4, -0.2) is 35.1 Å². The third-order valence-corrected chi connectivity index (χ3v) is 1.06. The molecule has 0 radical (unpaired) electrons. The average molecular weight is 151 g/mol. The van der Waals surface area contributed by atoms with Gasteiger partial charge in [0.2, 0.25) is 0 Å². The van der Waals surface area contributed by atoms with Crippen LogP contribution in [0.25, 0.3) is 0 Å². The third-order valence-electron chi connectivity index (χ3n) is 1.06. The Balaban J connectivity index is 3.71. The fraction of sp³-hybridized carbons (Fsp3) is 0.800. The molecule has 0 saturated heterocycles. The Labute approximate surface area is 57.7 Å². The zero-order valence-corrected chi connectivity index (χ0v) is 5.54. The van der Waals surface area contributed by atoms with Gasteiger partial charge in [-0.2, -0.15) is 0 Å². The number of hydrogen-bond donors (Lipinski definition) is 3. The van der Waals surface area contributed by atoms with Crippen molar-refractivity contribution in [2.45, 2.75) is 19.1 Å². The smallest absolute Gasteiger partial charge is 0.405 e. The molecule has 0 saturated carbocycles. The summed E-state index contributed by atoms with van der Waals surface area (Å²) in [6, 6.07) is -1.02. The number of aliphatic hydroxyl groups excluding tert-OH is 1. The van der Waals surface area contributed by atoms with E-state index in [2.05, 4.69) is 0 Å². The lowest BCUT2D eigenvalue weighted by Gasteiger charge is -2.14. The zero-order valence-electron chi connectivity index (χ0n) is 5.54. The molecule has 0 aliphatic carbocycles. The van der Waals surface area contributed by atoms with E-state index >= 15 is 0 Å². The van der Waals surface area contributed by atoms with E-state index in [-0.39, 0.29) is 0 Å². The highest BCUT2D eigenvalue weighted by molar-refractivity contribution is 5.64. The second-order valence-electron chi connectivity index (χ2n) is 1.92. The number of alkyl halides is 1. The Hall–Kier alpha value is -0.840. The zero-order chi connectivity index (χ0) is 8.15. The Morgan fingerprint density at radius 3 is 2.40 bits per heavy atom. The summed E-state index contributed by atoms with van der Waals surface area (Å²) in [4.78, 5) is 9.88. The van der Waals surface area contributed by atoms with Gasteiger partial charge in [-0.3, -0.25) is 0 Å². The highest BCUT2D eigenvalue weighted by atomic mass is 19.1. The van der Waals surface area contributed by atoms with Crippen molar-refractivity contribution < 1.29 is 19.4 Å². The molecule has 0 rings (SSSR count). The summed E-state index contributed by atoms with van der Waals surface area (Å²) in [7, 11) is 0. The summed E-state index contributed by atoms with van der Waals surface area (Å²) in [6.07, 6.45) is -2.70. The van der Waals surface area contributed by atoms with Crippen molar-refractivity contribution in [3.05, 3.63) is 0 Å². The maximum absolute atomic E-state index is 12.2. The predicted octanol–water partition coefficient (Wildman–Crippen LogP) is -0.0271. The molecule has 0 spiro atoms. The van der Waals surface area contributed by atoms with Gasteiger partial charge in [-0.05, 0) is 6.92 Å². The monoisotopic (exact) mass is 151 g/mol. The minimum Gasteiger partial charge on any atom is -0.465 e. The van der Waals surface area contributed by atoms with Crippen molar-refractivity contribution in [1.29, 1.82) is 0 Å². The number of amides is 1. The normalized spacial score (nSPS) is 15.9. The first-order valence-corrected chi connectivity index (χ1v) is 2.82. The van der Waals surface area contributed by atoms with Gasteiger partial charge in [0, 0.05) is 0 Å². The van der Waals surface area contributed by atoms with Crippen LogP contribution in [-0.2, 0) is 0 Å². The molecule has 0 aliphatic heterocycles. The summed E-state index contributed by atoms with van der Waals surface area (Å²) in [5.41, 5.74) is 0. The fourth-order valence-corrected chi connectivity index (χ4v) is 0.464. The van der Waals surface area contributed by atoms with Gasteiger partial charge >= 0.3 is 6.09 Å². The number of rotatable bonds is 3.